The molecular weight excluding hydrogens is 453 g/mol. The van der Waals surface area contributed by atoms with E-state index in [4.69, 9.17) is 4.42 Å². The molecule has 176 valence electrons. The van der Waals surface area contributed by atoms with E-state index in [2.05, 4.69) is 5.32 Å². The Balaban J connectivity index is 1.77. The fourth-order valence-electron chi connectivity index (χ4n) is 3.90. The molecule has 3 aromatic rings. The van der Waals surface area contributed by atoms with Crippen LogP contribution in [0.15, 0.2) is 71.1 Å². The van der Waals surface area contributed by atoms with Crippen LogP contribution in [0.4, 0.5) is 18.0 Å². The van der Waals surface area contributed by atoms with Gasteiger partial charge >= 0.3 is 12.2 Å². The molecule has 2 aromatic carbocycles. The van der Waals surface area contributed by atoms with Crippen LogP contribution < -0.4 is 10.6 Å². The fourth-order valence-corrected chi connectivity index (χ4v) is 3.90. The number of Topliss-reactive ketones (excluding diaryl/α,β-unsaturated/α-hetero) is 2. The molecule has 1 fully saturated rings. The van der Waals surface area contributed by atoms with Gasteiger partial charge in [0.1, 0.15) is 23.5 Å². The number of urea groups is 1. The minimum Gasteiger partial charge on any atom is -0.459 e. The second-order valence-electron chi connectivity index (χ2n) is 7.88. The minimum absolute atomic E-state index is 0.0790. The summed E-state index contributed by atoms with van der Waals surface area (Å²) in [6.07, 6.45) is -5.37. The number of furan rings is 1. The predicted molar refractivity (Wildman–Crippen MR) is 114 cm³/mol. The first kappa shape index (κ1) is 23.2. The summed E-state index contributed by atoms with van der Waals surface area (Å²) in [6, 6.07) is 13.3. The summed E-state index contributed by atoms with van der Waals surface area (Å²) in [6.45, 7) is 1.41. The van der Waals surface area contributed by atoms with Gasteiger partial charge in [-0.3, -0.25) is 9.59 Å². The number of halogens is 3. The van der Waals surface area contributed by atoms with Gasteiger partial charge in [-0.1, -0.05) is 54.6 Å². The SMILES string of the molecule is CC(=O)c1ccc(-c2ccc([C@@H]3NC(=O)N[C@@](O)(C(F)(F)F)[C@H]3C(=O)c3ccccc3)o2)cc1. The van der Waals surface area contributed by atoms with Crippen LogP contribution in [0, 0.1) is 5.92 Å². The number of aliphatic hydroxyl groups is 1. The smallest absolute Gasteiger partial charge is 0.437 e. The maximum Gasteiger partial charge on any atom is 0.437 e. The Morgan fingerprint density at radius 1 is 0.971 bits per heavy atom. The lowest BCUT2D eigenvalue weighted by Crippen LogP contribution is -2.72. The largest absolute Gasteiger partial charge is 0.459 e. The van der Waals surface area contributed by atoms with Crippen LogP contribution >= 0.6 is 0 Å². The molecule has 2 heterocycles. The molecule has 0 bridgehead atoms. The van der Waals surface area contributed by atoms with Crippen molar-refractivity contribution < 1.29 is 37.1 Å². The highest BCUT2D eigenvalue weighted by Crippen LogP contribution is 2.44. The number of carbonyl (C=O) groups excluding carboxylic acids is 3. The summed E-state index contributed by atoms with van der Waals surface area (Å²) in [5.74, 6) is -3.29. The highest BCUT2D eigenvalue weighted by atomic mass is 19.4. The molecule has 10 heteroatoms. The Kier molecular flexibility index (Phi) is 5.78. The van der Waals surface area contributed by atoms with Crippen LogP contribution in [0.3, 0.4) is 0 Å². The molecule has 2 amide bonds. The Labute approximate surface area is 191 Å². The van der Waals surface area contributed by atoms with Crippen molar-refractivity contribution in [3.05, 3.63) is 83.6 Å². The first-order valence-corrected chi connectivity index (χ1v) is 10.2. The third-order valence-electron chi connectivity index (χ3n) is 5.66. The van der Waals surface area contributed by atoms with E-state index in [1.54, 1.807) is 30.3 Å². The maximum absolute atomic E-state index is 14.0. The van der Waals surface area contributed by atoms with Gasteiger partial charge in [0.2, 0.25) is 5.72 Å². The van der Waals surface area contributed by atoms with Gasteiger partial charge in [-0.25, -0.2) is 4.79 Å². The average Bonchev–Trinajstić information content (AvgIpc) is 3.28. The number of carbonyl (C=O) groups is 3. The van der Waals surface area contributed by atoms with Crippen molar-refractivity contribution in [2.24, 2.45) is 5.92 Å². The average molecular weight is 472 g/mol. The summed E-state index contributed by atoms with van der Waals surface area (Å²) in [5.41, 5.74) is -2.94. The summed E-state index contributed by atoms with van der Waals surface area (Å²) in [5, 5.41) is 14.4. The monoisotopic (exact) mass is 472 g/mol. The molecule has 1 aliphatic heterocycles. The van der Waals surface area contributed by atoms with E-state index in [9.17, 15) is 32.7 Å². The Morgan fingerprint density at radius 2 is 1.62 bits per heavy atom. The van der Waals surface area contributed by atoms with Crippen molar-refractivity contribution in [3.8, 4) is 11.3 Å². The summed E-state index contributed by atoms with van der Waals surface area (Å²) >= 11 is 0. The van der Waals surface area contributed by atoms with E-state index in [0.29, 0.717) is 11.1 Å². The molecule has 0 spiro atoms. The van der Waals surface area contributed by atoms with Crippen molar-refractivity contribution in [1.82, 2.24) is 10.6 Å². The summed E-state index contributed by atoms with van der Waals surface area (Å²) in [7, 11) is 0. The molecule has 4 rings (SSSR count). The third-order valence-corrected chi connectivity index (χ3v) is 5.66. The van der Waals surface area contributed by atoms with Crippen molar-refractivity contribution in [1.29, 1.82) is 0 Å². The first-order chi connectivity index (χ1) is 16.0. The van der Waals surface area contributed by atoms with Crippen LogP contribution in [0.25, 0.3) is 11.3 Å². The van der Waals surface area contributed by atoms with Gasteiger partial charge in [-0.2, -0.15) is 13.2 Å². The van der Waals surface area contributed by atoms with Crippen LogP contribution in [-0.4, -0.2) is 34.6 Å². The van der Waals surface area contributed by atoms with Gasteiger partial charge in [-0.15, -0.1) is 0 Å². The molecule has 0 saturated carbocycles. The molecule has 3 N–H and O–H groups in total. The van der Waals surface area contributed by atoms with E-state index >= 15 is 0 Å². The van der Waals surface area contributed by atoms with E-state index < -0.39 is 35.7 Å². The quantitative estimate of drug-likeness (QED) is 0.481. The first-order valence-electron chi connectivity index (χ1n) is 10.2. The number of nitrogens with one attached hydrogen (secondary N) is 2. The van der Waals surface area contributed by atoms with Gasteiger partial charge in [0.15, 0.2) is 11.6 Å². The van der Waals surface area contributed by atoms with Crippen molar-refractivity contribution in [2.75, 3.05) is 0 Å². The Hall–Kier alpha value is -3.92. The molecule has 1 saturated heterocycles. The molecule has 0 radical (unpaired) electrons. The normalized spacial score (nSPS) is 22.6. The van der Waals surface area contributed by atoms with Gasteiger partial charge < -0.3 is 20.2 Å². The van der Waals surface area contributed by atoms with E-state index in [-0.39, 0.29) is 22.9 Å². The number of benzene rings is 2. The molecule has 0 aliphatic carbocycles. The second-order valence-corrected chi connectivity index (χ2v) is 7.88. The highest BCUT2D eigenvalue weighted by molar-refractivity contribution is 6.00. The summed E-state index contributed by atoms with van der Waals surface area (Å²) < 4.78 is 47.7. The standard InChI is InChI=1S/C24H19F3N2O5/c1-13(30)14-7-9-15(10-8-14)17-11-12-18(34-17)20-19(21(31)16-5-3-2-4-6-16)23(33,24(25,26)27)29-22(32)28-20/h2-12,19-20,33H,1H3,(H2,28,29,32)/t19-,20+,23+/m1/s1. The zero-order valence-corrected chi connectivity index (χ0v) is 17.7. The lowest BCUT2D eigenvalue weighted by Gasteiger charge is -2.44. The maximum atomic E-state index is 14.0. The van der Waals surface area contributed by atoms with Crippen LogP contribution in [0.2, 0.25) is 0 Å². The molecule has 3 atom stereocenters. The Bertz CT molecular complexity index is 1240. The predicted octanol–water partition coefficient (Wildman–Crippen LogP) is 4.25. The lowest BCUT2D eigenvalue weighted by atomic mass is 9.79. The highest BCUT2D eigenvalue weighted by Gasteiger charge is 2.66. The number of hydrogen-bond acceptors (Lipinski definition) is 5. The second kappa shape index (κ2) is 8.45. The summed E-state index contributed by atoms with van der Waals surface area (Å²) in [4.78, 5) is 36.8. The minimum atomic E-state index is -5.37. The van der Waals surface area contributed by atoms with Gasteiger partial charge in [0.25, 0.3) is 0 Å². The number of amides is 2. The van der Waals surface area contributed by atoms with E-state index in [1.165, 1.54) is 48.6 Å². The van der Waals surface area contributed by atoms with Gasteiger partial charge in [-0.05, 0) is 19.1 Å². The molecule has 1 aromatic heterocycles. The van der Waals surface area contributed by atoms with Crippen molar-refractivity contribution in [3.63, 3.8) is 0 Å². The van der Waals surface area contributed by atoms with Crippen LogP contribution in [-0.2, 0) is 0 Å². The molecule has 34 heavy (non-hydrogen) atoms. The lowest BCUT2D eigenvalue weighted by molar-refractivity contribution is -0.288. The van der Waals surface area contributed by atoms with Crippen LogP contribution in [0.1, 0.15) is 39.4 Å². The van der Waals surface area contributed by atoms with Crippen molar-refractivity contribution in [2.45, 2.75) is 24.9 Å². The zero-order chi connectivity index (χ0) is 24.7. The van der Waals surface area contributed by atoms with Crippen LogP contribution in [0.5, 0.6) is 0 Å². The number of alkyl halides is 3. The van der Waals surface area contributed by atoms with Crippen molar-refractivity contribution >= 4 is 17.6 Å². The molecule has 0 unspecified atom stereocenters. The molecule has 1 aliphatic rings. The number of rotatable bonds is 5. The topological polar surface area (TPSA) is 109 Å². The zero-order valence-electron chi connectivity index (χ0n) is 17.7. The fraction of sp³-hybridized carbons (Fsp3) is 0.208. The molecule has 7 nitrogen and oxygen atoms in total. The van der Waals surface area contributed by atoms with E-state index in [1.807, 2.05) is 0 Å². The molecular formula is C24H19F3N2O5. The van der Waals surface area contributed by atoms with Gasteiger partial charge in [0, 0.05) is 16.7 Å². The van der Waals surface area contributed by atoms with Gasteiger partial charge in [0.05, 0.1) is 0 Å². The number of ketones is 2. The Morgan fingerprint density at radius 3 is 2.21 bits per heavy atom. The van der Waals surface area contributed by atoms with E-state index in [0.717, 1.165) is 0 Å². The third kappa shape index (κ3) is 4.08. The number of hydrogen-bond donors (Lipinski definition) is 3.